The maximum atomic E-state index is 6.05. The Kier molecular flexibility index (Phi) is 3.73. The number of aryl methyl sites for hydroxylation is 1. The van der Waals surface area contributed by atoms with Crippen LogP contribution in [0.25, 0.3) is 5.65 Å². The zero-order valence-electron chi connectivity index (χ0n) is 14.1. The molecule has 124 valence electrons. The van der Waals surface area contributed by atoms with Crippen LogP contribution in [-0.2, 0) is 0 Å². The molecular weight excluding hydrogens is 288 g/mol. The predicted octanol–water partition coefficient (Wildman–Crippen LogP) is 1.73. The molecule has 2 N–H and O–H groups in total. The second-order valence-electron chi connectivity index (χ2n) is 7.11. The van der Waals surface area contributed by atoms with Crippen LogP contribution in [-0.4, -0.2) is 52.2 Å². The van der Waals surface area contributed by atoms with Gasteiger partial charge in [0.25, 0.3) is 0 Å². The molecule has 2 aliphatic rings. The molecule has 4 rings (SSSR count). The van der Waals surface area contributed by atoms with Gasteiger partial charge in [0.15, 0.2) is 5.65 Å². The van der Waals surface area contributed by atoms with Crippen LogP contribution in [0.2, 0.25) is 0 Å². The van der Waals surface area contributed by atoms with Gasteiger partial charge < -0.3 is 10.6 Å². The fourth-order valence-electron chi connectivity index (χ4n) is 3.93. The van der Waals surface area contributed by atoms with Gasteiger partial charge in [0, 0.05) is 37.0 Å². The summed E-state index contributed by atoms with van der Waals surface area (Å²) in [7, 11) is 2.20. The van der Waals surface area contributed by atoms with Crippen molar-refractivity contribution in [3.63, 3.8) is 0 Å². The number of aromatic nitrogens is 3. The number of hydrogen-bond acceptors (Lipinski definition) is 5. The average molecular weight is 314 g/mol. The van der Waals surface area contributed by atoms with Gasteiger partial charge in [0.2, 0.25) is 0 Å². The Morgan fingerprint density at radius 1 is 1.22 bits per heavy atom. The van der Waals surface area contributed by atoms with Crippen molar-refractivity contribution < 1.29 is 0 Å². The van der Waals surface area contributed by atoms with Crippen LogP contribution in [0, 0.1) is 6.92 Å². The third kappa shape index (κ3) is 2.70. The maximum absolute atomic E-state index is 6.05. The van der Waals surface area contributed by atoms with Crippen molar-refractivity contribution in [1.82, 2.24) is 19.5 Å². The summed E-state index contributed by atoms with van der Waals surface area (Å²) >= 11 is 0. The third-order valence-corrected chi connectivity index (χ3v) is 5.26. The monoisotopic (exact) mass is 314 g/mol. The first-order valence-corrected chi connectivity index (χ1v) is 8.69. The summed E-state index contributed by atoms with van der Waals surface area (Å²) < 4.78 is 1.94. The summed E-state index contributed by atoms with van der Waals surface area (Å²) in [6.45, 7) is 5.16. The number of hydrogen-bond donors (Lipinski definition) is 1. The Morgan fingerprint density at radius 3 is 2.83 bits per heavy atom. The van der Waals surface area contributed by atoms with Gasteiger partial charge in [-0.25, -0.2) is 9.50 Å². The molecule has 0 unspecified atom stereocenters. The zero-order valence-corrected chi connectivity index (χ0v) is 14.1. The van der Waals surface area contributed by atoms with Gasteiger partial charge in [-0.3, -0.25) is 4.90 Å². The highest BCUT2D eigenvalue weighted by Gasteiger charge is 2.25. The summed E-state index contributed by atoms with van der Waals surface area (Å²) in [6, 6.07) is 2.85. The standard InChI is InChI=1S/C17H26N6/c1-12-10-23-16(19-17(12)22-8-6-13(18)11-22)9-14(20-23)15-5-3-4-7-21(15)2/h9-10,13,15H,3-8,11,18H2,1-2H3/t13-,15-/m0/s1. The van der Waals surface area contributed by atoms with Gasteiger partial charge in [-0.2, -0.15) is 5.10 Å². The normalized spacial score (nSPS) is 26.3. The van der Waals surface area contributed by atoms with Gasteiger partial charge in [-0.1, -0.05) is 6.42 Å². The lowest BCUT2D eigenvalue weighted by atomic mass is 10.0. The quantitative estimate of drug-likeness (QED) is 0.915. The Labute approximate surface area is 137 Å². The molecule has 2 aromatic heterocycles. The first kappa shape index (κ1) is 14.9. The highest BCUT2D eigenvalue weighted by Crippen LogP contribution is 2.30. The van der Waals surface area contributed by atoms with Gasteiger partial charge >= 0.3 is 0 Å². The Balaban J connectivity index is 1.68. The van der Waals surface area contributed by atoms with Crippen LogP contribution in [0.1, 0.15) is 43.0 Å². The topological polar surface area (TPSA) is 62.7 Å². The van der Waals surface area contributed by atoms with Gasteiger partial charge in [0.05, 0.1) is 11.7 Å². The molecule has 0 radical (unpaired) electrons. The van der Waals surface area contributed by atoms with Crippen LogP contribution in [0.4, 0.5) is 5.82 Å². The number of rotatable bonds is 2. The molecule has 0 bridgehead atoms. The highest BCUT2D eigenvalue weighted by atomic mass is 15.3. The van der Waals surface area contributed by atoms with Gasteiger partial charge in [0.1, 0.15) is 5.82 Å². The smallest absolute Gasteiger partial charge is 0.157 e. The molecule has 2 fully saturated rings. The molecule has 2 aromatic rings. The van der Waals surface area contributed by atoms with Crippen LogP contribution < -0.4 is 10.6 Å². The van der Waals surface area contributed by atoms with Crippen molar-refractivity contribution in [2.24, 2.45) is 5.73 Å². The molecule has 0 amide bonds. The van der Waals surface area contributed by atoms with E-state index < -0.39 is 0 Å². The fourth-order valence-corrected chi connectivity index (χ4v) is 3.93. The van der Waals surface area contributed by atoms with E-state index in [4.69, 9.17) is 15.8 Å². The highest BCUT2D eigenvalue weighted by molar-refractivity contribution is 5.54. The van der Waals surface area contributed by atoms with Crippen molar-refractivity contribution in [3.8, 4) is 0 Å². The number of nitrogens with zero attached hydrogens (tertiary/aromatic N) is 5. The largest absolute Gasteiger partial charge is 0.355 e. The van der Waals surface area contributed by atoms with Crippen molar-refractivity contribution >= 4 is 11.5 Å². The Hall–Kier alpha value is -1.66. The number of nitrogens with two attached hydrogens (primary N) is 1. The second-order valence-corrected chi connectivity index (χ2v) is 7.11. The molecule has 6 heteroatoms. The number of piperidine rings is 1. The zero-order chi connectivity index (χ0) is 16.0. The van der Waals surface area contributed by atoms with Crippen LogP contribution in [0.15, 0.2) is 12.3 Å². The van der Waals surface area contributed by atoms with E-state index in [0.717, 1.165) is 43.2 Å². The minimum atomic E-state index is 0.267. The minimum Gasteiger partial charge on any atom is -0.355 e. The van der Waals surface area contributed by atoms with Crippen LogP contribution in [0.3, 0.4) is 0 Å². The van der Waals surface area contributed by atoms with Gasteiger partial charge in [-0.05, 0) is 39.8 Å². The summed E-state index contributed by atoms with van der Waals surface area (Å²) in [4.78, 5) is 9.60. The summed E-state index contributed by atoms with van der Waals surface area (Å²) in [5, 5.41) is 4.80. The second kappa shape index (κ2) is 5.76. The summed E-state index contributed by atoms with van der Waals surface area (Å²) in [5.74, 6) is 1.06. The average Bonchev–Trinajstić information content (AvgIpc) is 3.12. The lowest BCUT2D eigenvalue weighted by Gasteiger charge is -2.30. The number of anilines is 1. The first-order valence-electron chi connectivity index (χ1n) is 8.69. The Morgan fingerprint density at radius 2 is 2.09 bits per heavy atom. The van der Waals surface area contributed by atoms with Crippen molar-refractivity contribution in [3.05, 3.63) is 23.5 Å². The van der Waals surface area contributed by atoms with E-state index in [1.807, 2.05) is 4.52 Å². The predicted molar refractivity (Wildman–Crippen MR) is 91.8 cm³/mol. The SMILES string of the molecule is Cc1cn2nc([C@@H]3CCCCN3C)cc2nc1N1CC[C@H](N)C1. The maximum Gasteiger partial charge on any atom is 0.157 e. The van der Waals surface area contributed by atoms with Crippen molar-refractivity contribution in [1.29, 1.82) is 0 Å². The molecule has 2 atom stereocenters. The molecule has 23 heavy (non-hydrogen) atoms. The Bertz CT molecular complexity index is 708. The lowest BCUT2D eigenvalue weighted by molar-refractivity contribution is 0.183. The van der Waals surface area contributed by atoms with Crippen molar-refractivity contribution in [2.75, 3.05) is 31.6 Å². The van der Waals surface area contributed by atoms with E-state index in [0.29, 0.717) is 6.04 Å². The number of likely N-dealkylation sites (tertiary alicyclic amines) is 1. The molecule has 2 saturated heterocycles. The van der Waals surface area contributed by atoms with Crippen LogP contribution in [0.5, 0.6) is 0 Å². The fraction of sp³-hybridized carbons (Fsp3) is 0.647. The van der Waals surface area contributed by atoms with E-state index in [2.05, 4.69) is 36.0 Å². The molecule has 2 aliphatic heterocycles. The molecule has 0 aliphatic carbocycles. The van der Waals surface area contributed by atoms with Crippen LogP contribution >= 0.6 is 0 Å². The number of fused-ring (bicyclic) bond motifs is 1. The first-order chi connectivity index (χ1) is 11.1. The molecule has 4 heterocycles. The van der Waals surface area contributed by atoms with E-state index >= 15 is 0 Å². The summed E-state index contributed by atoms with van der Waals surface area (Å²) in [5.41, 5.74) is 9.31. The van der Waals surface area contributed by atoms with E-state index in [-0.39, 0.29) is 6.04 Å². The van der Waals surface area contributed by atoms with Crippen molar-refractivity contribution in [2.45, 2.75) is 44.7 Å². The van der Waals surface area contributed by atoms with E-state index in [1.54, 1.807) is 0 Å². The molecule has 0 spiro atoms. The molecule has 0 aromatic carbocycles. The molecule has 0 saturated carbocycles. The van der Waals surface area contributed by atoms with E-state index in [1.165, 1.54) is 24.8 Å². The van der Waals surface area contributed by atoms with Gasteiger partial charge in [-0.15, -0.1) is 0 Å². The summed E-state index contributed by atoms with van der Waals surface area (Å²) in [6.07, 6.45) is 6.91. The minimum absolute atomic E-state index is 0.267. The molecule has 6 nitrogen and oxygen atoms in total. The third-order valence-electron chi connectivity index (χ3n) is 5.26. The molecular formula is C17H26N6. The van der Waals surface area contributed by atoms with E-state index in [9.17, 15) is 0 Å². The lowest BCUT2D eigenvalue weighted by Crippen LogP contribution is -2.29.